The van der Waals surface area contributed by atoms with E-state index in [0.29, 0.717) is 0 Å². The summed E-state index contributed by atoms with van der Waals surface area (Å²) in [7, 11) is 0. The molecule has 0 unspecified atom stereocenters. The molecule has 2 rings (SSSR count). The van der Waals surface area contributed by atoms with E-state index in [1.807, 2.05) is 0 Å². The maximum absolute atomic E-state index is 10.9. The van der Waals surface area contributed by atoms with Crippen molar-refractivity contribution in [2.24, 2.45) is 0 Å². The van der Waals surface area contributed by atoms with Crippen LogP contribution in [0.15, 0.2) is 42.5 Å². The van der Waals surface area contributed by atoms with E-state index in [2.05, 4.69) is 0 Å². The van der Waals surface area contributed by atoms with Crippen LogP contribution < -0.4 is 4.74 Å². The van der Waals surface area contributed by atoms with Crippen molar-refractivity contribution in [3.05, 3.63) is 62.7 Å². The minimum absolute atomic E-state index is 0.122. The second-order valence-corrected chi connectivity index (χ2v) is 3.73. The Morgan fingerprint density at radius 1 is 0.950 bits per heavy atom. The number of benzene rings is 2. The predicted octanol–water partition coefficient (Wildman–Crippen LogP) is 3.00. The molecule has 0 saturated heterocycles. The maximum atomic E-state index is 10.9. The zero-order chi connectivity index (χ0) is 14.7. The lowest BCUT2D eigenvalue weighted by Crippen LogP contribution is -1.94. The zero-order valence-electron chi connectivity index (χ0n) is 9.92. The molecule has 8 heteroatoms. The lowest BCUT2D eigenvalue weighted by atomic mass is 10.2. The van der Waals surface area contributed by atoms with Crippen LogP contribution in [0.4, 0.5) is 11.4 Å². The van der Waals surface area contributed by atoms with Crippen molar-refractivity contribution in [2.45, 2.75) is 0 Å². The summed E-state index contributed by atoms with van der Waals surface area (Å²) in [5.74, 6) is -0.484. The van der Waals surface area contributed by atoms with Gasteiger partial charge in [-0.3, -0.25) is 20.2 Å². The molecule has 0 aliphatic rings. The lowest BCUT2D eigenvalue weighted by Gasteiger charge is -2.06. The highest BCUT2D eigenvalue weighted by molar-refractivity contribution is 5.57. The van der Waals surface area contributed by atoms with Crippen molar-refractivity contribution >= 4 is 11.4 Å². The normalized spacial score (nSPS) is 10.0. The number of ether oxygens (including phenoxy) is 1. The van der Waals surface area contributed by atoms with E-state index in [-0.39, 0.29) is 17.2 Å². The van der Waals surface area contributed by atoms with Gasteiger partial charge in [-0.2, -0.15) is 0 Å². The van der Waals surface area contributed by atoms with E-state index in [9.17, 15) is 25.3 Å². The van der Waals surface area contributed by atoms with Gasteiger partial charge in [-0.05, 0) is 24.3 Å². The molecule has 0 radical (unpaired) electrons. The molecule has 2 aromatic rings. The molecule has 0 amide bonds. The zero-order valence-corrected chi connectivity index (χ0v) is 9.92. The van der Waals surface area contributed by atoms with Gasteiger partial charge >= 0.3 is 5.69 Å². The van der Waals surface area contributed by atoms with Gasteiger partial charge in [-0.15, -0.1) is 0 Å². The van der Waals surface area contributed by atoms with Crippen LogP contribution in [0.25, 0.3) is 0 Å². The van der Waals surface area contributed by atoms with Crippen molar-refractivity contribution < 1.29 is 19.7 Å². The smallest absolute Gasteiger partial charge is 0.352 e. The molecule has 0 heterocycles. The molecule has 1 N–H and O–H groups in total. The SMILES string of the molecule is O=[N+]([O-])c1ccc(Oc2cccc(O)c2[N+](=O)[O-])cc1. The van der Waals surface area contributed by atoms with Crippen LogP contribution in [0, 0.1) is 20.2 Å². The summed E-state index contributed by atoms with van der Waals surface area (Å²) in [6, 6.07) is 8.93. The molecule has 0 aliphatic carbocycles. The Kier molecular flexibility index (Phi) is 3.47. The average molecular weight is 276 g/mol. The Labute approximate surface area is 112 Å². The van der Waals surface area contributed by atoms with Crippen molar-refractivity contribution in [1.29, 1.82) is 0 Å². The number of para-hydroxylation sites is 1. The van der Waals surface area contributed by atoms with E-state index < -0.39 is 21.3 Å². The van der Waals surface area contributed by atoms with Gasteiger partial charge in [0.25, 0.3) is 5.69 Å². The molecule has 8 nitrogen and oxygen atoms in total. The van der Waals surface area contributed by atoms with Crippen LogP contribution in [-0.4, -0.2) is 15.0 Å². The Hall–Kier alpha value is -3.16. The number of non-ortho nitro benzene ring substituents is 1. The predicted molar refractivity (Wildman–Crippen MR) is 67.9 cm³/mol. The van der Waals surface area contributed by atoms with Crippen LogP contribution in [-0.2, 0) is 0 Å². The lowest BCUT2D eigenvalue weighted by molar-refractivity contribution is -0.386. The number of hydrogen-bond acceptors (Lipinski definition) is 6. The summed E-state index contributed by atoms with van der Waals surface area (Å²) >= 11 is 0. The van der Waals surface area contributed by atoms with E-state index in [0.717, 1.165) is 0 Å². The average Bonchev–Trinajstić information content (AvgIpc) is 2.39. The molecule has 0 saturated carbocycles. The number of nitrogens with zero attached hydrogens (tertiary/aromatic N) is 2. The summed E-state index contributed by atoms with van der Waals surface area (Å²) < 4.78 is 5.26. The van der Waals surface area contributed by atoms with Gasteiger partial charge in [0, 0.05) is 12.1 Å². The topological polar surface area (TPSA) is 116 Å². The Bertz CT molecular complexity index is 668. The third kappa shape index (κ3) is 2.64. The van der Waals surface area contributed by atoms with Crippen LogP contribution >= 0.6 is 0 Å². The van der Waals surface area contributed by atoms with Crippen LogP contribution in [0.5, 0.6) is 17.2 Å². The Morgan fingerprint density at radius 2 is 1.60 bits per heavy atom. The highest BCUT2D eigenvalue weighted by atomic mass is 16.6. The molecule has 0 atom stereocenters. The third-order valence-electron chi connectivity index (χ3n) is 2.44. The standard InChI is InChI=1S/C12H8N2O6/c15-10-2-1-3-11(12(10)14(18)19)20-9-6-4-8(5-7-9)13(16)17/h1-7,15H. The minimum Gasteiger partial charge on any atom is -0.502 e. The Morgan fingerprint density at radius 3 is 2.15 bits per heavy atom. The third-order valence-corrected chi connectivity index (χ3v) is 2.44. The fourth-order valence-electron chi connectivity index (χ4n) is 1.54. The van der Waals surface area contributed by atoms with Gasteiger partial charge in [-0.25, -0.2) is 0 Å². The number of nitro groups is 2. The number of phenols is 1. The van der Waals surface area contributed by atoms with Gasteiger partial charge < -0.3 is 9.84 Å². The summed E-state index contributed by atoms with van der Waals surface area (Å²) in [5, 5.41) is 30.8. The van der Waals surface area contributed by atoms with E-state index in [1.165, 1.54) is 42.5 Å². The van der Waals surface area contributed by atoms with Crippen LogP contribution in [0.2, 0.25) is 0 Å². The summed E-state index contributed by atoms with van der Waals surface area (Å²) in [4.78, 5) is 20.0. The molecular weight excluding hydrogens is 268 g/mol. The quantitative estimate of drug-likeness (QED) is 0.677. The van der Waals surface area contributed by atoms with Crippen molar-refractivity contribution in [2.75, 3.05) is 0 Å². The highest BCUT2D eigenvalue weighted by Gasteiger charge is 2.21. The fraction of sp³-hybridized carbons (Fsp3) is 0. The highest BCUT2D eigenvalue weighted by Crippen LogP contribution is 2.38. The van der Waals surface area contributed by atoms with Gasteiger partial charge in [0.15, 0.2) is 5.75 Å². The van der Waals surface area contributed by atoms with Gasteiger partial charge in [-0.1, -0.05) is 6.07 Å². The largest absolute Gasteiger partial charge is 0.502 e. The van der Waals surface area contributed by atoms with Crippen LogP contribution in [0.1, 0.15) is 0 Å². The van der Waals surface area contributed by atoms with E-state index >= 15 is 0 Å². The number of aromatic hydroxyl groups is 1. The molecular formula is C12H8N2O6. The first-order chi connectivity index (χ1) is 9.49. The number of nitro benzene ring substituents is 2. The van der Waals surface area contributed by atoms with Crippen molar-refractivity contribution in [3.8, 4) is 17.2 Å². The van der Waals surface area contributed by atoms with Gasteiger partial charge in [0.2, 0.25) is 5.75 Å². The molecule has 0 fully saturated rings. The first-order valence-electron chi connectivity index (χ1n) is 5.37. The fourth-order valence-corrected chi connectivity index (χ4v) is 1.54. The van der Waals surface area contributed by atoms with Gasteiger partial charge in [0.05, 0.1) is 9.85 Å². The summed E-state index contributed by atoms with van der Waals surface area (Å²) in [5.41, 5.74) is -0.686. The van der Waals surface area contributed by atoms with Crippen molar-refractivity contribution in [3.63, 3.8) is 0 Å². The number of hydrogen-bond donors (Lipinski definition) is 1. The molecule has 0 aromatic heterocycles. The molecule has 0 bridgehead atoms. The summed E-state index contributed by atoms with van der Waals surface area (Å²) in [6.07, 6.45) is 0. The molecule has 0 aliphatic heterocycles. The van der Waals surface area contributed by atoms with Crippen LogP contribution in [0.3, 0.4) is 0 Å². The summed E-state index contributed by atoms with van der Waals surface area (Å²) in [6.45, 7) is 0. The number of rotatable bonds is 4. The molecule has 102 valence electrons. The minimum atomic E-state index is -0.768. The Balaban J connectivity index is 2.33. The van der Waals surface area contributed by atoms with E-state index in [4.69, 9.17) is 4.74 Å². The van der Waals surface area contributed by atoms with E-state index in [1.54, 1.807) is 0 Å². The second kappa shape index (κ2) is 5.22. The second-order valence-electron chi connectivity index (χ2n) is 3.73. The number of phenolic OH excluding ortho intramolecular Hbond substituents is 1. The molecule has 0 spiro atoms. The van der Waals surface area contributed by atoms with Gasteiger partial charge in [0.1, 0.15) is 5.75 Å². The first-order valence-corrected chi connectivity index (χ1v) is 5.37. The molecule has 2 aromatic carbocycles. The molecule has 20 heavy (non-hydrogen) atoms. The monoisotopic (exact) mass is 276 g/mol. The maximum Gasteiger partial charge on any atom is 0.352 e. The first kappa shape index (κ1) is 13.3. The van der Waals surface area contributed by atoms with Crippen molar-refractivity contribution in [1.82, 2.24) is 0 Å².